The molecule has 0 aliphatic rings. The molecule has 3 N–H and O–H groups in total. The fraction of sp³-hybridized carbons (Fsp3) is 0.200. The van der Waals surface area contributed by atoms with E-state index in [2.05, 4.69) is 14.9 Å². The summed E-state index contributed by atoms with van der Waals surface area (Å²) in [5, 5.41) is 7.71. The van der Waals surface area contributed by atoms with Crippen molar-refractivity contribution in [2.24, 2.45) is 0 Å². The van der Waals surface area contributed by atoms with Crippen LogP contribution in [0.4, 0.5) is 5.13 Å². The highest BCUT2D eigenvalue weighted by Crippen LogP contribution is 2.21. The molecule has 0 spiro atoms. The van der Waals surface area contributed by atoms with Crippen molar-refractivity contribution in [3.63, 3.8) is 0 Å². The summed E-state index contributed by atoms with van der Waals surface area (Å²) < 4.78 is 26.4. The molecule has 0 saturated carbocycles. The quantitative estimate of drug-likeness (QED) is 0.896. The molecule has 0 bridgehead atoms. The third-order valence-corrected chi connectivity index (χ3v) is 5.27. The van der Waals surface area contributed by atoms with E-state index in [-0.39, 0.29) is 9.47 Å². The number of nitrogen functional groups attached to an aromatic ring is 1. The SMILES string of the molecule is CC(NS(=O)(=O)c1nnc(N)s1)c1ccc(Cl)cc1. The van der Waals surface area contributed by atoms with Crippen LogP contribution in [0.1, 0.15) is 18.5 Å². The van der Waals surface area contributed by atoms with Crippen LogP contribution in [0.2, 0.25) is 5.02 Å². The Labute approximate surface area is 119 Å². The molecule has 0 saturated heterocycles. The molecule has 1 aromatic carbocycles. The maximum atomic E-state index is 12.0. The minimum absolute atomic E-state index is 0.111. The summed E-state index contributed by atoms with van der Waals surface area (Å²) in [7, 11) is -3.72. The minimum Gasteiger partial charge on any atom is -0.374 e. The highest BCUT2D eigenvalue weighted by molar-refractivity contribution is 7.91. The number of nitrogens with one attached hydrogen (secondary N) is 1. The van der Waals surface area contributed by atoms with Gasteiger partial charge < -0.3 is 5.73 Å². The second kappa shape index (κ2) is 5.41. The summed E-state index contributed by atoms with van der Waals surface area (Å²) in [5.74, 6) is 0. The Balaban J connectivity index is 2.18. The number of hydrogen-bond donors (Lipinski definition) is 2. The summed E-state index contributed by atoms with van der Waals surface area (Å²) in [4.78, 5) is 0. The fourth-order valence-corrected chi connectivity index (χ4v) is 3.59. The number of anilines is 1. The molecule has 9 heteroatoms. The standard InChI is InChI=1S/C10H11ClN4O2S2/c1-6(7-2-4-8(11)5-3-7)15-19(16,17)10-14-13-9(12)18-10/h2-6,15H,1H3,(H2,12,13). The van der Waals surface area contributed by atoms with Crippen LogP contribution in [0.5, 0.6) is 0 Å². The monoisotopic (exact) mass is 318 g/mol. The first-order valence-corrected chi connectivity index (χ1v) is 7.93. The van der Waals surface area contributed by atoms with Crippen LogP contribution in [0.15, 0.2) is 28.6 Å². The molecule has 1 atom stereocenters. The number of sulfonamides is 1. The molecule has 0 aliphatic heterocycles. The van der Waals surface area contributed by atoms with Crippen LogP contribution in [-0.4, -0.2) is 18.6 Å². The molecule has 1 heterocycles. The summed E-state index contributed by atoms with van der Waals surface area (Å²) in [6.45, 7) is 1.73. The lowest BCUT2D eigenvalue weighted by Crippen LogP contribution is -2.26. The minimum atomic E-state index is -3.72. The number of hydrogen-bond acceptors (Lipinski definition) is 6. The first-order valence-electron chi connectivity index (χ1n) is 5.25. The third-order valence-electron chi connectivity index (χ3n) is 2.35. The van der Waals surface area contributed by atoms with Gasteiger partial charge in [0.05, 0.1) is 0 Å². The Morgan fingerprint density at radius 1 is 1.32 bits per heavy atom. The molecule has 0 amide bonds. The van der Waals surface area contributed by atoms with Gasteiger partial charge in [0, 0.05) is 11.1 Å². The number of aromatic nitrogens is 2. The maximum Gasteiger partial charge on any atom is 0.270 e. The molecule has 2 aromatic rings. The van der Waals surface area contributed by atoms with Gasteiger partial charge in [0.25, 0.3) is 10.0 Å². The Bertz CT molecular complexity index is 669. The van der Waals surface area contributed by atoms with E-state index in [9.17, 15) is 8.42 Å². The van der Waals surface area contributed by atoms with Crippen molar-refractivity contribution >= 4 is 38.1 Å². The predicted molar refractivity (Wildman–Crippen MR) is 74.5 cm³/mol. The second-order valence-corrected chi connectivity index (χ2v) is 7.13. The van der Waals surface area contributed by atoms with Gasteiger partial charge in [-0.05, 0) is 24.6 Å². The average molecular weight is 319 g/mol. The number of nitrogens with zero attached hydrogens (tertiary/aromatic N) is 2. The Morgan fingerprint density at radius 3 is 2.47 bits per heavy atom. The van der Waals surface area contributed by atoms with Gasteiger partial charge in [0.2, 0.25) is 9.47 Å². The molecule has 2 rings (SSSR count). The van der Waals surface area contributed by atoms with Gasteiger partial charge in [-0.25, -0.2) is 13.1 Å². The molecule has 0 fully saturated rings. The Kier molecular flexibility index (Phi) is 4.04. The largest absolute Gasteiger partial charge is 0.374 e. The number of nitrogens with two attached hydrogens (primary N) is 1. The maximum absolute atomic E-state index is 12.0. The zero-order valence-corrected chi connectivity index (χ0v) is 12.3. The van der Waals surface area contributed by atoms with Gasteiger partial charge in [-0.2, -0.15) is 0 Å². The number of benzene rings is 1. The van der Waals surface area contributed by atoms with Crippen molar-refractivity contribution in [2.75, 3.05) is 5.73 Å². The van der Waals surface area contributed by atoms with Gasteiger partial charge in [-0.3, -0.25) is 0 Å². The lowest BCUT2D eigenvalue weighted by Gasteiger charge is -2.13. The highest BCUT2D eigenvalue weighted by Gasteiger charge is 2.22. The van der Waals surface area contributed by atoms with Gasteiger partial charge in [0.1, 0.15) is 0 Å². The zero-order chi connectivity index (χ0) is 14.0. The van der Waals surface area contributed by atoms with Crippen LogP contribution < -0.4 is 10.5 Å². The van der Waals surface area contributed by atoms with E-state index >= 15 is 0 Å². The molecule has 1 unspecified atom stereocenters. The first-order chi connectivity index (χ1) is 8.88. The normalized spacial score (nSPS) is 13.4. The van der Waals surface area contributed by atoms with E-state index in [1.54, 1.807) is 31.2 Å². The summed E-state index contributed by atoms with van der Waals surface area (Å²) in [6.07, 6.45) is 0. The van der Waals surface area contributed by atoms with Crippen LogP contribution in [0, 0.1) is 0 Å². The Hall–Kier alpha value is -1.22. The summed E-state index contributed by atoms with van der Waals surface area (Å²) in [5.41, 5.74) is 6.17. The zero-order valence-electron chi connectivity index (χ0n) is 9.87. The molecule has 19 heavy (non-hydrogen) atoms. The molecular formula is C10H11ClN4O2S2. The average Bonchev–Trinajstić information content (AvgIpc) is 2.77. The van der Waals surface area contributed by atoms with E-state index in [0.717, 1.165) is 16.9 Å². The van der Waals surface area contributed by atoms with Crippen molar-refractivity contribution in [3.05, 3.63) is 34.9 Å². The number of halogens is 1. The van der Waals surface area contributed by atoms with E-state index in [0.29, 0.717) is 5.02 Å². The lowest BCUT2D eigenvalue weighted by molar-refractivity contribution is 0.565. The van der Waals surface area contributed by atoms with E-state index < -0.39 is 16.1 Å². The van der Waals surface area contributed by atoms with Crippen molar-refractivity contribution < 1.29 is 8.42 Å². The lowest BCUT2D eigenvalue weighted by atomic mass is 10.1. The third kappa shape index (κ3) is 3.41. The smallest absolute Gasteiger partial charge is 0.270 e. The second-order valence-electron chi connectivity index (χ2n) is 3.80. The summed E-state index contributed by atoms with van der Waals surface area (Å²) in [6, 6.07) is 6.50. The molecule has 0 radical (unpaired) electrons. The molecule has 102 valence electrons. The fourth-order valence-electron chi connectivity index (χ4n) is 1.43. The van der Waals surface area contributed by atoms with Crippen LogP contribution in [0.3, 0.4) is 0 Å². The van der Waals surface area contributed by atoms with Crippen molar-refractivity contribution in [3.8, 4) is 0 Å². The van der Waals surface area contributed by atoms with Gasteiger partial charge in [-0.1, -0.05) is 35.1 Å². The predicted octanol–water partition coefficient (Wildman–Crippen LogP) is 1.81. The van der Waals surface area contributed by atoms with Crippen LogP contribution >= 0.6 is 22.9 Å². The first kappa shape index (κ1) is 14.2. The van der Waals surface area contributed by atoms with Crippen LogP contribution in [-0.2, 0) is 10.0 Å². The molecule has 6 nitrogen and oxygen atoms in total. The van der Waals surface area contributed by atoms with E-state index in [1.165, 1.54) is 0 Å². The van der Waals surface area contributed by atoms with E-state index in [4.69, 9.17) is 17.3 Å². The molecule has 1 aromatic heterocycles. The van der Waals surface area contributed by atoms with Gasteiger partial charge >= 0.3 is 0 Å². The Morgan fingerprint density at radius 2 is 1.95 bits per heavy atom. The topological polar surface area (TPSA) is 98.0 Å². The van der Waals surface area contributed by atoms with Crippen molar-refractivity contribution in [2.45, 2.75) is 17.3 Å². The molecular weight excluding hydrogens is 308 g/mol. The summed E-state index contributed by atoms with van der Waals surface area (Å²) >= 11 is 6.60. The van der Waals surface area contributed by atoms with Gasteiger partial charge in [-0.15, -0.1) is 10.2 Å². The van der Waals surface area contributed by atoms with Crippen molar-refractivity contribution in [1.29, 1.82) is 0 Å². The van der Waals surface area contributed by atoms with Crippen molar-refractivity contribution in [1.82, 2.24) is 14.9 Å². The molecule has 0 aliphatic carbocycles. The number of rotatable bonds is 4. The highest BCUT2D eigenvalue weighted by atomic mass is 35.5. The van der Waals surface area contributed by atoms with Gasteiger partial charge in [0.15, 0.2) is 0 Å². The van der Waals surface area contributed by atoms with E-state index in [1.807, 2.05) is 0 Å². The van der Waals surface area contributed by atoms with Crippen LogP contribution in [0.25, 0.3) is 0 Å².